The molecule has 1 aromatic carbocycles. The molecule has 0 atom stereocenters. The normalized spacial score (nSPS) is 11.8. The molecule has 0 radical (unpaired) electrons. The number of halogens is 2. The molecule has 0 amide bonds. The van der Waals surface area contributed by atoms with Crippen LogP contribution >= 0.6 is 11.6 Å². The van der Waals surface area contributed by atoms with Crippen LogP contribution in [0.2, 0.25) is 5.02 Å². The topological polar surface area (TPSA) is 78.0 Å². The number of rotatable bonds is 4. The first-order valence-electron chi connectivity index (χ1n) is 5.84. The Labute approximate surface area is 121 Å². The van der Waals surface area contributed by atoms with Crippen molar-refractivity contribution in [3.05, 3.63) is 46.6 Å². The number of imidazole rings is 1. The van der Waals surface area contributed by atoms with Crippen molar-refractivity contribution in [2.45, 2.75) is 24.9 Å². The van der Waals surface area contributed by atoms with Crippen molar-refractivity contribution in [1.82, 2.24) is 9.55 Å². The molecule has 0 aliphatic heterocycles. The number of hydrogen-bond donors (Lipinski definition) is 1. The van der Waals surface area contributed by atoms with Crippen molar-refractivity contribution >= 4 is 21.6 Å². The quantitative estimate of drug-likeness (QED) is 0.936. The molecule has 8 heteroatoms. The lowest BCUT2D eigenvalue weighted by atomic mass is 10.2. The summed E-state index contributed by atoms with van der Waals surface area (Å²) in [5.41, 5.74) is 0.541. The summed E-state index contributed by atoms with van der Waals surface area (Å²) in [5.74, 6) is 0.0170. The van der Waals surface area contributed by atoms with Crippen molar-refractivity contribution in [2.75, 3.05) is 0 Å². The Balaban J connectivity index is 2.43. The second-order valence-corrected chi connectivity index (χ2v) is 6.12. The minimum absolute atomic E-state index is 0.0143. The van der Waals surface area contributed by atoms with Crippen LogP contribution in [0.3, 0.4) is 0 Å². The van der Waals surface area contributed by atoms with Gasteiger partial charge in [0.05, 0.1) is 11.6 Å². The van der Waals surface area contributed by atoms with Crippen molar-refractivity contribution in [1.29, 1.82) is 0 Å². The van der Waals surface area contributed by atoms with Crippen LogP contribution in [0.1, 0.15) is 18.3 Å². The zero-order chi connectivity index (χ0) is 14.9. The monoisotopic (exact) mass is 317 g/mol. The number of aromatic nitrogens is 2. The second-order valence-electron chi connectivity index (χ2n) is 4.23. The Bertz CT molecular complexity index is 743. The van der Waals surface area contributed by atoms with Crippen LogP contribution in [0.15, 0.2) is 29.4 Å². The molecule has 0 spiro atoms. The number of benzene rings is 1. The van der Waals surface area contributed by atoms with Gasteiger partial charge in [0, 0.05) is 12.6 Å². The first-order chi connectivity index (χ1) is 9.32. The van der Waals surface area contributed by atoms with Gasteiger partial charge in [-0.3, -0.25) is 0 Å². The average Bonchev–Trinajstić information content (AvgIpc) is 2.78. The zero-order valence-electron chi connectivity index (χ0n) is 10.7. The van der Waals surface area contributed by atoms with E-state index >= 15 is 0 Å². The van der Waals surface area contributed by atoms with Crippen LogP contribution in [0.5, 0.6) is 0 Å². The Morgan fingerprint density at radius 2 is 2.15 bits per heavy atom. The van der Waals surface area contributed by atoms with Gasteiger partial charge in [-0.05, 0) is 11.6 Å². The third-order valence-corrected chi connectivity index (χ3v) is 4.02. The second kappa shape index (κ2) is 5.51. The van der Waals surface area contributed by atoms with Gasteiger partial charge in [-0.2, -0.15) is 0 Å². The number of nitrogens with two attached hydrogens (primary N) is 1. The predicted molar refractivity (Wildman–Crippen MR) is 73.5 cm³/mol. The van der Waals surface area contributed by atoms with Gasteiger partial charge in [0.15, 0.2) is 5.03 Å². The van der Waals surface area contributed by atoms with Gasteiger partial charge in [-0.1, -0.05) is 30.7 Å². The highest BCUT2D eigenvalue weighted by Gasteiger charge is 2.16. The molecule has 0 saturated carbocycles. The maximum atomic E-state index is 13.4. The first kappa shape index (κ1) is 15.0. The Morgan fingerprint density at radius 3 is 2.75 bits per heavy atom. The van der Waals surface area contributed by atoms with Gasteiger partial charge in [0.2, 0.25) is 0 Å². The summed E-state index contributed by atoms with van der Waals surface area (Å²) in [6.07, 6.45) is 1.85. The fraction of sp³-hybridized carbons (Fsp3) is 0.250. The van der Waals surface area contributed by atoms with E-state index in [0.29, 0.717) is 17.8 Å². The minimum Gasteiger partial charge on any atom is -0.329 e. The molecule has 108 valence electrons. The highest BCUT2D eigenvalue weighted by molar-refractivity contribution is 7.89. The number of nitrogens with zero attached hydrogens (tertiary/aromatic N) is 2. The molecule has 2 aromatic rings. The van der Waals surface area contributed by atoms with Crippen molar-refractivity contribution in [2.24, 2.45) is 5.14 Å². The molecule has 5 nitrogen and oxygen atoms in total. The standard InChI is InChI=1S/C12H13ClFN3O2S/c1-2-10-16-11(20(15,18)19)7-17(10)6-8-4-3-5-9(14)12(8)13/h3-5,7H,2,6H2,1H3,(H2,15,18,19). The van der Waals surface area contributed by atoms with E-state index in [1.165, 1.54) is 12.3 Å². The van der Waals surface area contributed by atoms with Crippen LogP contribution < -0.4 is 5.14 Å². The van der Waals surface area contributed by atoms with Crippen molar-refractivity contribution in [3.8, 4) is 0 Å². The molecule has 0 aliphatic carbocycles. The van der Waals surface area contributed by atoms with E-state index in [4.69, 9.17) is 16.7 Å². The van der Waals surface area contributed by atoms with E-state index in [1.807, 2.05) is 6.92 Å². The van der Waals surface area contributed by atoms with E-state index in [0.717, 1.165) is 0 Å². The highest BCUT2D eigenvalue weighted by atomic mass is 35.5. The Morgan fingerprint density at radius 1 is 1.45 bits per heavy atom. The highest BCUT2D eigenvalue weighted by Crippen LogP contribution is 2.21. The summed E-state index contributed by atoms with van der Waals surface area (Å²) in [5, 5.41) is 4.86. The molecule has 0 aliphatic rings. The third-order valence-electron chi connectivity index (χ3n) is 2.82. The smallest absolute Gasteiger partial charge is 0.257 e. The van der Waals surface area contributed by atoms with Gasteiger partial charge >= 0.3 is 0 Å². The van der Waals surface area contributed by atoms with Crippen molar-refractivity contribution in [3.63, 3.8) is 0 Å². The van der Waals surface area contributed by atoms with Gasteiger partial charge in [-0.25, -0.2) is 22.9 Å². The Kier molecular flexibility index (Phi) is 4.12. The van der Waals surface area contributed by atoms with E-state index in [2.05, 4.69) is 4.98 Å². The fourth-order valence-electron chi connectivity index (χ4n) is 1.84. The van der Waals surface area contributed by atoms with Crippen LogP contribution in [-0.2, 0) is 23.0 Å². The largest absolute Gasteiger partial charge is 0.329 e. The van der Waals surface area contributed by atoms with Gasteiger partial charge in [0.25, 0.3) is 10.0 Å². The lowest BCUT2D eigenvalue weighted by Crippen LogP contribution is -2.12. The number of aryl methyl sites for hydroxylation is 1. The average molecular weight is 318 g/mol. The summed E-state index contributed by atoms with van der Waals surface area (Å²) < 4.78 is 37.6. The summed E-state index contributed by atoms with van der Waals surface area (Å²) in [4.78, 5) is 3.96. The minimum atomic E-state index is -3.86. The molecule has 2 N–H and O–H groups in total. The Hall–Kier alpha value is -1.44. The van der Waals surface area contributed by atoms with Gasteiger partial charge in [0.1, 0.15) is 11.6 Å². The van der Waals surface area contributed by atoms with Crippen LogP contribution in [-0.4, -0.2) is 18.0 Å². The summed E-state index contributed by atoms with van der Waals surface area (Å²) >= 11 is 5.88. The summed E-state index contributed by atoms with van der Waals surface area (Å²) in [6, 6.07) is 4.47. The molecular weight excluding hydrogens is 305 g/mol. The van der Waals surface area contributed by atoms with Crippen LogP contribution in [0.25, 0.3) is 0 Å². The number of primary sulfonamides is 1. The van der Waals surface area contributed by atoms with Gasteiger partial charge < -0.3 is 4.57 Å². The maximum absolute atomic E-state index is 13.4. The molecule has 0 bridgehead atoms. The first-order valence-corrected chi connectivity index (χ1v) is 7.77. The fourth-order valence-corrected chi connectivity index (χ4v) is 2.53. The van der Waals surface area contributed by atoms with Gasteiger partial charge in [-0.15, -0.1) is 0 Å². The number of sulfonamides is 1. The predicted octanol–water partition coefficient (Wildman–Crippen LogP) is 1.93. The molecule has 0 fully saturated rings. The van der Waals surface area contributed by atoms with E-state index < -0.39 is 15.8 Å². The SMILES string of the molecule is CCc1nc(S(N)(=O)=O)cn1Cc1cccc(F)c1Cl. The molecule has 1 aromatic heterocycles. The molecular formula is C12H13ClFN3O2S. The summed E-state index contributed by atoms with van der Waals surface area (Å²) in [7, 11) is -3.86. The third kappa shape index (κ3) is 3.00. The van der Waals surface area contributed by atoms with E-state index in [1.54, 1.807) is 16.7 Å². The van der Waals surface area contributed by atoms with Crippen LogP contribution in [0.4, 0.5) is 4.39 Å². The molecule has 0 saturated heterocycles. The lowest BCUT2D eigenvalue weighted by Gasteiger charge is -2.08. The zero-order valence-corrected chi connectivity index (χ0v) is 12.2. The molecule has 1 heterocycles. The van der Waals surface area contributed by atoms with Crippen LogP contribution in [0, 0.1) is 5.82 Å². The van der Waals surface area contributed by atoms with E-state index in [9.17, 15) is 12.8 Å². The molecule has 2 rings (SSSR count). The maximum Gasteiger partial charge on any atom is 0.257 e. The molecule has 0 unspecified atom stereocenters. The van der Waals surface area contributed by atoms with E-state index in [-0.39, 0.29) is 16.6 Å². The lowest BCUT2D eigenvalue weighted by molar-refractivity contribution is 0.594. The van der Waals surface area contributed by atoms with Crippen molar-refractivity contribution < 1.29 is 12.8 Å². The molecule has 20 heavy (non-hydrogen) atoms. The number of hydrogen-bond acceptors (Lipinski definition) is 3. The summed E-state index contributed by atoms with van der Waals surface area (Å²) in [6.45, 7) is 2.06.